The van der Waals surface area contributed by atoms with Gasteiger partial charge in [0.15, 0.2) is 0 Å². The van der Waals surface area contributed by atoms with Gasteiger partial charge in [-0.3, -0.25) is 4.79 Å². The van der Waals surface area contributed by atoms with E-state index in [2.05, 4.69) is 5.32 Å². The van der Waals surface area contributed by atoms with Crippen molar-refractivity contribution in [3.05, 3.63) is 0 Å². The third-order valence-corrected chi connectivity index (χ3v) is 2.58. The fourth-order valence-corrected chi connectivity index (χ4v) is 2.06. The number of hydrogen-bond acceptors (Lipinski definition) is 2. The molecule has 3 heteroatoms. The fourth-order valence-electron chi connectivity index (χ4n) is 2.06. The molecular formula is C8H13NO2. The Morgan fingerprint density at radius 1 is 1.64 bits per heavy atom. The second kappa shape index (κ2) is 2.48. The first kappa shape index (κ1) is 7.10. The van der Waals surface area contributed by atoms with Gasteiger partial charge in [0.2, 0.25) is 5.91 Å². The van der Waals surface area contributed by atoms with E-state index < -0.39 is 0 Å². The summed E-state index contributed by atoms with van der Waals surface area (Å²) in [7, 11) is 0. The zero-order valence-corrected chi connectivity index (χ0v) is 6.67. The van der Waals surface area contributed by atoms with Gasteiger partial charge in [-0.2, -0.15) is 0 Å². The number of carbonyl (C=O) groups excluding carboxylic acids is 1. The highest BCUT2D eigenvalue weighted by Crippen LogP contribution is 2.33. The standard InChI is InChI=1S/C8H13NO2/c1-2-11-7-4-5-3-6(7)9-8(5)10/h5-7H,2-4H2,1H3,(H,9,10). The minimum Gasteiger partial charge on any atom is -0.376 e. The molecule has 1 saturated heterocycles. The predicted octanol–water partition coefficient (Wildman–Crippen LogP) is 0.300. The summed E-state index contributed by atoms with van der Waals surface area (Å²) in [5.41, 5.74) is 0. The molecule has 62 valence electrons. The SMILES string of the molecule is CCOC1CC2CC1NC2=O. The quantitative estimate of drug-likeness (QED) is 0.623. The van der Waals surface area contributed by atoms with Crippen LogP contribution in [0.5, 0.6) is 0 Å². The maximum absolute atomic E-state index is 11.0. The molecule has 0 aromatic rings. The Balaban J connectivity index is 1.97. The number of carbonyl (C=O) groups is 1. The second-order valence-corrected chi connectivity index (χ2v) is 3.28. The number of rotatable bonds is 2. The van der Waals surface area contributed by atoms with E-state index in [-0.39, 0.29) is 11.8 Å². The molecule has 11 heavy (non-hydrogen) atoms. The normalized spacial score (nSPS) is 41.2. The molecule has 2 aliphatic rings. The van der Waals surface area contributed by atoms with Crippen molar-refractivity contribution in [1.82, 2.24) is 5.32 Å². The van der Waals surface area contributed by atoms with Gasteiger partial charge < -0.3 is 10.1 Å². The Morgan fingerprint density at radius 2 is 2.45 bits per heavy atom. The molecule has 0 aromatic heterocycles. The van der Waals surface area contributed by atoms with E-state index in [1.165, 1.54) is 0 Å². The van der Waals surface area contributed by atoms with E-state index in [4.69, 9.17) is 4.74 Å². The zero-order chi connectivity index (χ0) is 7.84. The Morgan fingerprint density at radius 3 is 2.91 bits per heavy atom. The van der Waals surface area contributed by atoms with Gasteiger partial charge in [-0.15, -0.1) is 0 Å². The van der Waals surface area contributed by atoms with Gasteiger partial charge in [-0.25, -0.2) is 0 Å². The zero-order valence-electron chi connectivity index (χ0n) is 6.67. The third kappa shape index (κ3) is 1.03. The highest BCUT2D eigenvalue weighted by molar-refractivity contribution is 5.82. The summed E-state index contributed by atoms with van der Waals surface area (Å²) in [5, 5.41) is 2.92. The summed E-state index contributed by atoms with van der Waals surface area (Å²) < 4.78 is 5.47. The van der Waals surface area contributed by atoms with Crippen LogP contribution in [0.25, 0.3) is 0 Å². The highest BCUT2D eigenvalue weighted by atomic mass is 16.5. The Hall–Kier alpha value is -0.570. The predicted molar refractivity (Wildman–Crippen MR) is 40.1 cm³/mol. The highest BCUT2D eigenvalue weighted by Gasteiger charge is 2.45. The van der Waals surface area contributed by atoms with Crippen LogP contribution in [0.15, 0.2) is 0 Å². The maximum Gasteiger partial charge on any atom is 0.223 e. The van der Waals surface area contributed by atoms with Crippen molar-refractivity contribution in [2.24, 2.45) is 5.92 Å². The molecule has 2 fully saturated rings. The summed E-state index contributed by atoms with van der Waals surface area (Å²) in [6.45, 7) is 2.75. The first-order valence-electron chi connectivity index (χ1n) is 4.23. The second-order valence-electron chi connectivity index (χ2n) is 3.28. The number of amides is 1. The van der Waals surface area contributed by atoms with Gasteiger partial charge in [0, 0.05) is 12.5 Å². The van der Waals surface area contributed by atoms with Crippen LogP contribution in [0.4, 0.5) is 0 Å². The van der Waals surface area contributed by atoms with Crippen LogP contribution in [0.1, 0.15) is 19.8 Å². The fraction of sp³-hybridized carbons (Fsp3) is 0.875. The van der Waals surface area contributed by atoms with Crippen LogP contribution in [-0.4, -0.2) is 24.7 Å². The van der Waals surface area contributed by atoms with E-state index in [1.807, 2.05) is 6.92 Å². The molecular weight excluding hydrogens is 142 g/mol. The maximum atomic E-state index is 11.0. The number of piperidine rings is 1. The van der Waals surface area contributed by atoms with Crippen molar-refractivity contribution in [2.75, 3.05) is 6.61 Å². The van der Waals surface area contributed by atoms with Gasteiger partial charge in [0.1, 0.15) is 0 Å². The molecule has 1 aliphatic heterocycles. The molecule has 1 heterocycles. The lowest BCUT2D eigenvalue weighted by Gasteiger charge is -2.21. The van der Waals surface area contributed by atoms with Crippen LogP contribution in [0, 0.1) is 5.92 Å². The Labute approximate surface area is 66.1 Å². The van der Waals surface area contributed by atoms with Crippen molar-refractivity contribution < 1.29 is 9.53 Å². The summed E-state index contributed by atoms with van der Waals surface area (Å²) in [6.07, 6.45) is 2.22. The topological polar surface area (TPSA) is 38.3 Å². The first-order valence-corrected chi connectivity index (χ1v) is 4.23. The molecule has 0 radical (unpaired) electrons. The van der Waals surface area contributed by atoms with Gasteiger partial charge >= 0.3 is 0 Å². The van der Waals surface area contributed by atoms with Crippen molar-refractivity contribution in [2.45, 2.75) is 31.9 Å². The molecule has 2 rings (SSSR count). The Kier molecular flexibility index (Phi) is 1.60. The van der Waals surface area contributed by atoms with Crippen molar-refractivity contribution in [3.8, 4) is 0 Å². The molecule has 0 spiro atoms. The molecule has 1 aliphatic carbocycles. The van der Waals surface area contributed by atoms with E-state index in [9.17, 15) is 4.79 Å². The lowest BCUT2D eigenvalue weighted by Crippen LogP contribution is -2.41. The molecule has 1 amide bonds. The summed E-state index contributed by atoms with van der Waals surface area (Å²) >= 11 is 0. The lowest BCUT2D eigenvalue weighted by molar-refractivity contribution is -0.125. The number of ether oxygens (including phenoxy) is 1. The average Bonchev–Trinajstić information content (AvgIpc) is 2.47. The minimum absolute atomic E-state index is 0.228. The molecule has 3 unspecified atom stereocenters. The van der Waals surface area contributed by atoms with Gasteiger partial charge in [-0.1, -0.05) is 0 Å². The largest absolute Gasteiger partial charge is 0.376 e. The molecule has 0 aromatic carbocycles. The van der Waals surface area contributed by atoms with Gasteiger partial charge in [0.25, 0.3) is 0 Å². The summed E-state index contributed by atoms with van der Waals surface area (Å²) in [4.78, 5) is 11.0. The van der Waals surface area contributed by atoms with Crippen LogP contribution in [0.2, 0.25) is 0 Å². The molecule has 3 atom stereocenters. The van der Waals surface area contributed by atoms with E-state index in [1.54, 1.807) is 0 Å². The molecule has 2 bridgehead atoms. The minimum atomic E-state index is 0.228. The van der Waals surface area contributed by atoms with Crippen molar-refractivity contribution >= 4 is 5.91 Å². The third-order valence-electron chi connectivity index (χ3n) is 2.58. The smallest absolute Gasteiger partial charge is 0.223 e. The lowest BCUT2D eigenvalue weighted by atomic mass is 10.1. The number of nitrogens with one attached hydrogen (secondary N) is 1. The van der Waals surface area contributed by atoms with Gasteiger partial charge in [0.05, 0.1) is 12.1 Å². The van der Waals surface area contributed by atoms with Crippen molar-refractivity contribution in [3.63, 3.8) is 0 Å². The van der Waals surface area contributed by atoms with E-state index in [0.29, 0.717) is 12.1 Å². The number of fused-ring (bicyclic) bond motifs is 2. The molecule has 3 nitrogen and oxygen atoms in total. The average molecular weight is 155 g/mol. The monoisotopic (exact) mass is 155 g/mol. The number of hydrogen-bond donors (Lipinski definition) is 1. The Bertz CT molecular complexity index is 181. The first-order chi connectivity index (χ1) is 5.31. The van der Waals surface area contributed by atoms with E-state index in [0.717, 1.165) is 19.4 Å². The van der Waals surface area contributed by atoms with Gasteiger partial charge in [-0.05, 0) is 19.8 Å². The van der Waals surface area contributed by atoms with Crippen LogP contribution in [-0.2, 0) is 9.53 Å². The van der Waals surface area contributed by atoms with Crippen LogP contribution in [0.3, 0.4) is 0 Å². The van der Waals surface area contributed by atoms with Crippen molar-refractivity contribution in [1.29, 1.82) is 0 Å². The van der Waals surface area contributed by atoms with Crippen LogP contribution >= 0.6 is 0 Å². The van der Waals surface area contributed by atoms with E-state index >= 15 is 0 Å². The summed E-state index contributed by atoms with van der Waals surface area (Å²) in [6, 6.07) is 0.312. The van der Waals surface area contributed by atoms with Crippen LogP contribution < -0.4 is 5.32 Å². The molecule has 1 N–H and O–H groups in total. The molecule has 1 saturated carbocycles. The summed E-state index contributed by atoms with van der Waals surface area (Å²) in [5.74, 6) is 0.475.